The fraction of sp³-hybridized carbons (Fsp3) is 0.143. The van der Waals surface area contributed by atoms with Crippen molar-refractivity contribution in [1.82, 2.24) is 0 Å². The van der Waals surface area contributed by atoms with Gasteiger partial charge in [0.25, 0.3) is 0 Å². The van der Waals surface area contributed by atoms with Gasteiger partial charge in [-0.15, -0.1) is 0 Å². The normalized spacial score (nSPS) is 12.5. The maximum absolute atomic E-state index is 6.34. The average molecular weight is 779 g/mol. The molecule has 0 heterocycles. The molecule has 0 bridgehead atoms. The Morgan fingerprint density at radius 2 is 0.567 bits per heavy atom. The summed E-state index contributed by atoms with van der Waals surface area (Å²) in [4.78, 5) is 0. The average Bonchev–Trinajstić information content (AvgIpc) is 3.26. The zero-order chi connectivity index (χ0) is 40.6. The molecule has 0 amide bonds. The summed E-state index contributed by atoms with van der Waals surface area (Å²) in [7, 11) is 3.56. The smallest absolute Gasteiger partial charge is 0.127 e. The van der Waals surface area contributed by atoms with E-state index >= 15 is 0 Å². The second-order valence-corrected chi connectivity index (χ2v) is 16.9. The van der Waals surface area contributed by atoms with Gasteiger partial charge in [-0.1, -0.05) is 84.9 Å². The van der Waals surface area contributed by atoms with Crippen LogP contribution in [0.3, 0.4) is 0 Å². The van der Waals surface area contributed by atoms with E-state index in [4.69, 9.17) is 18.9 Å². The zero-order valence-corrected chi connectivity index (χ0v) is 34.5. The minimum Gasteiger partial charge on any atom is -0.496 e. The predicted molar refractivity (Wildman–Crippen MR) is 253 cm³/mol. The van der Waals surface area contributed by atoms with Crippen LogP contribution in [-0.4, -0.2) is 26.4 Å². The molecule has 0 spiro atoms. The topological polar surface area (TPSA) is 36.9 Å². The third kappa shape index (κ3) is 4.79. The minimum absolute atomic E-state index is 0.0783. The molecule has 60 heavy (non-hydrogen) atoms. The van der Waals surface area contributed by atoms with Crippen LogP contribution in [0.15, 0.2) is 133 Å². The summed E-state index contributed by atoms with van der Waals surface area (Å²) in [6.07, 6.45) is 0.157. The predicted octanol–water partition coefficient (Wildman–Crippen LogP) is 15.3. The molecule has 290 valence electrons. The van der Waals surface area contributed by atoms with Crippen LogP contribution in [0.25, 0.3) is 119 Å². The van der Waals surface area contributed by atoms with Gasteiger partial charge in [-0.25, -0.2) is 0 Å². The monoisotopic (exact) mass is 778 g/mol. The van der Waals surface area contributed by atoms with Crippen LogP contribution in [0.4, 0.5) is 0 Å². The summed E-state index contributed by atoms with van der Waals surface area (Å²) >= 11 is 0. The van der Waals surface area contributed by atoms with Gasteiger partial charge < -0.3 is 18.9 Å². The maximum Gasteiger partial charge on any atom is 0.127 e. The van der Waals surface area contributed by atoms with Gasteiger partial charge in [-0.3, -0.25) is 0 Å². The Morgan fingerprint density at radius 3 is 0.950 bits per heavy atom. The van der Waals surface area contributed by atoms with Gasteiger partial charge >= 0.3 is 0 Å². The maximum atomic E-state index is 6.34. The second kappa shape index (κ2) is 12.7. The lowest BCUT2D eigenvalue weighted by Crippen LogP contribution is -2.05. The lowest BCUT2D eigenvalue weighted by Gasteiger charge is -2.22. The molecule has 12 rings (SSSR count). The van der Waals surface area contributed by atoms with E-state index in [0.29, 0.717) is 0 Å². The highest BCUT2D eigenvalue weighted by atomic mass is 16.5. The summed E-state index contributed by atoms with van der Waals surface area (Å²) in [5.41, 5.74) is 4.61. The molecule has 0 aromatic heterocycles. The Morgan fingerprint density at radius 1 is 0.283 bits per heavy atom. The van der Waals surface area contributed by atoms with Gasteiger partial charge in [-0.2, -0.15) is 0 Å². The molecule has 0 aliphatic carbocycles. The van der Waals surface area contributed by atoms with Gasteiger partial charge in [0, 0.05) is 43.1 Å². The van der Waals surface area contributed by atoms with Crippen LogP contribution in [0.2, 0.25) is 0 Å². The Labute approximate surface area is 347 Å². The Kier molecular flexibility index (Phi) is 7.41. The molecule has 0 N–H and O–H groups in total. The molecule has 12 aromatic rings. The summed E-state index contributed by atoms with van der Waals surface area (Å²) in [5.74, 6) is 3.52. The molecule has 0 aliphatic heterocycles. The van der Waals surface area contributed by atoms with Gasteiger partial charge in [0.2, 0.25) is 0 Å². The quantitative estimate of drug-likeness (QED) is 0.144. The van der Waals surface area contributed by atoms with E-state index in [1.807, 2.05) is 0 Å². The van der Waals surface area contributed by atoms with Crippen molar-refractivity contribution in [3.05, 3.63) is 133 Å². The number of rotatable bonds is 8. The highest BCUT2D eigenvalue weighted by molar-refractivity contribution is 6.33. The van der Waals surface area contributed by atoms with Crippen molar-refractivity contribution < 1.29 is 18.9 Å². The standard InChI is InChI=1S/C56H42O4/c1-29(2)59-47-25-13-33-9-17-37-35(15-7-31-11-19-41(47)53(33)51(31)37)45-27-49(57-5)43-24-22-40-46(28-50(58-6)44-23-21-39(45)55(43)56(40)44)36-16-8-32-12-20-42-48(60-30(3)4)26-14-34-10-18-38(36)52(32)54(34)42/h7-30H,1-6H3. The largest absolute Gasteiger partial charge is 0.496 e. The first-order chi connectivity index (χ1) is 29.3. The van der Waals surface area contributed by atoms with Crippen LogP contribution < -0.4 is 18.9 Å². The van der Waals surface area contributed by atoms with E-state index in [1.165, 1.54) is 86.5 Å². The van der Waals surface area contributed by atoms with Gasteiger partial charge in [0.1, 0.15) is 23.0 Å². The van der Waals surface area contributed by atoms with Crippen molar-refractivity contribution >= 4 is 97.0 Å². The third-order valence-corrected chi connectivity index (χ3v) is 12.8. The highest BCUT2D eigenvalue weighted by Gasteiger charge is 2.24. The van der Waals surface area contributed by atoms with Crippen molar-refractivity contribution in [2.24, 2.45) is 0 Å². The molecule has 0 unspecified atom stereocenters. The van der Waals surface area contributed by atoms with Crippen LogP contribution in [-0.2, 0) is 0 Å². The first-order valence-corrected chi connectivity index (χ1v) is 20.9. The summed E-state index contributed by atoms with van der Waals surface area (Å²) in [6, 6.07) is 49.2. The van der Waals surface area contributed by atoms with Crippen molar-refractivity contribution in [3.8, 4) is 45.3 Å². The van der Waals surface area contributed by atoms with E-state index in [0.717, 1.165) is 55.7 Å². The van der Waals surface area contributed by atoms with Crippen molar-refractivity contribution in [2.75, 3.05) is 14.2 Å². The van der Waals surface area contributed by atoms with E-state index in [9.17, 15) is 0 Å². The first kappa shape index (κ1) is 35.0. The van der Waals surface area contributed by atoms with E-state index in [1.54, 1.807) is 14.2 Å². The van der Waals surface area contributed by atoms with Crippen molar-refractivity contribution in [3.63, 3.8) is 0 Å². The Hall–Kier alpha value is -7.04. The van der Waals surface area contributed by atoms with Crippen LogP contribution >= 0.6 is 0 Å². The van der Waals surface area contributed by atoms with Gasteiger partial charge in [-0.05, 0) is 152 Å². The molecule has 0 atom stereocenters. The number of ether oxygens (including phenoxy) is 4. The molecule has 0 aliphatic rings. The molecule has 4 nitrogen and oxygen atoms in total. The lowest BCUT2D eigenvalue weighted by molar-refractivity contribution is 0.245. The number of methoxy groups -OCH3 is 2. The van der Waals surface area contributed by atoms with Crippen LogP contribution in [0, 0.1) is 0 Å². The Bertz CT molecular complexity index is 3450. The zero-order valence-electron chi connectivity index (χ0n) is 34.5. The third-order valence-electron chi connectivity index (χ3n) is 12.8. The summed E-state index contributed by atoms with van der Waals surface area (Å²) in [5, 5.41) is 21.4. The van der Waals surface area contributed by atoms with Crippen LogP contribution in [0.5, 0.6) is 23.0 Å². The molecule has 12 aromatic carbocycles. The number of benzene rings is 12. The van der Waals surface area contributed by atoms with Gasteiger partial charge in [0.15, 0.2) is 0 Å². The van der Waals surface area contributed by atoms with Crippen molar-refractivity contribution in [2.45, 2.75) is 39.9 Å². The van der Waals surface area contributed by atoms with Crippen molar-refractivity contribution in [1.29, 1.82) is 0 Å². The fourth-order valence-electron chi connectivity index (χ4n) is 10.4. The molecule has 0 radical (unpaired) electrons. The second-order valence-electron chi connectivity index (χ2n) is 16.9. The van der Waals surface area contributed by atoms with Gasteiger partial charge in [0.05, 0.1) is 26.4 Å². The van der Waals surface area contributed by atoms with Crippen LogP contribution in [0.1, 0.15) is 27.7 Å². The summed E-state index contributed by atoms with van der Waals surface area (Å²) < 4.78 is 25.2. The lowest BCUT2D eigenvalue weighted by atomic mass is 9.83. The van der Waals surface area contributed by atoms with E-state index < -0.39 is 0 Å². The molecule has 4 heteroatoms. The van der Waals surface area contributed by atoms with E-state index in [-0.39, 0.29) is 12.2 Å². The van der Waals surface area contributed by atoms with E-state index in [2.05, 4.69) is 161 Å². The molecule has 0 saturated carbocycles. The molecule has 0 saturated heterocycles. The number of hydrogen-bond donors (Lipinski definition) is 0. The fourth-order valence-corrected chi connectivity index (χ4v) is 10.4. The molecule has 0 fully saturated rings. The number of hydrogen-bond acceptors (Lipinski definition) is 4. The molecular formula is C56H42O4. The summed E-state index contributed by atoms with van der Waals surface area (Å²) in [6.45, 7) is 8.34. The minimum atomic E-state index is 0.0783. The molecular weight excluding hydrogens is 737 g/mol. The SMILES string of the molecule is COc1cc(-c2ccc3ccc4c(OC(C)C)ccc5ccc2c3c54)c2ccc3c(OC)cc(-c4ccc5ccc6c(OC(C)C)ccc7ccc4c5c76)c4ccc1c2c34. The highest BCUT2D eigenvalue weighted by Crippen LogP contribution is 2.51. The Balaban J connectivity index is 1.15. The first-order valence-electron chi connectivity index (χ1n) is 20.9.